The molecule has 2 aromatic rings. The third-order valence-corrected chi connectivity index (χ3v) is 3.52. The molecule has 0 amide bonds. The highest BCUT2D eigenvalue weighted by Gasteiger charge is 2.34. The summed E-state index contributed by atoms with van der Waals surface area (Å²) < 4.78 is 24.0. The van der Waals surface area contributed by atoms with Crippen LogP contribution in [0.5, 0.6) is 0 Å². The molecule has 0 aliphatic carbocycles. The van der Waals surface area contributed by atoms with E-state index in [4.69, 9.17) is 9.47 Å². The monoisotopic (exact) mass is 265 g/mol. The summed E-state index contributed by atoms with van der Waals surface area (Å²) in [5, 5.41) is 3.19. The average Bonchev–Trinajstić information content (AvgIpc) is 3.02. The number of H-pyrrole nitrogens is 1. The molecule has 102 valence electrons. The fourth-order valence-electron chi connectivity index (χ4n) is 2.27. The number of nitrogens with zero attached hydrogens (tertiary/aromatic N) is 1. The molecule has 1 atom stereocenters. The third-order valence-electron chi connectivity index (χ3n) is 3.52. The van der Waals surface area contributed by atoms with Gasteiger partial charge in [-0.2, -0.15) is 0 Å². The Morgan fingerprint density at radius 3 is 3.21 bits per heavy atom. The number of benzene rings is 1. The number of anilines is 1. The number of hydrogen-bond donors (Lipinski definition) is 2. The number of aromatic nitrogens is 2. The largest absolute Gasteiger partial charge is 0.378 e. The quantitative estimate of drug-likeness (QED) is 0.886. The van der Waals surface area contributed by atoms with Gasteiger partial charge in [0.25, 0.3) is 0 Å². The van der Waals surface area contributed by atoms with Gasteiger partial charge in [-0.05, 0) is 18.2 Å². The van der Waals surface area contributed by atoms with Gasteiger partial charge < -0.3 is 19.8 Å². The van der Waals surface area contributed by atoms with E-state index in [2.05, 4.69) is 15.3 Å². The first-order valence-electron chi connectivity index (χ1n) is 6.23. The molecule has 5 nitrogen and oxygen atoms in total. The van der Waals surface area contributed by atoms with Crippen LogP contribution in [0.2, 0.25) is 0 Å². The van der Waals surface area contributed by atoms with E-state index in [0.717, 1.165) is 11.9 Å². The number of methoxy groups -OCH3 is 1. The second-order valence-electron chi connectivity index (χ2n) is 4.79. The zero-order valence-electron chi connectivity index (χ0n) is 10.7. The van der Waals surface area contributed by atoms with Crippen LogP contribution < -0.4 is 5.32 Å². The minimum Gasteiger partial charge on any atom is -0.378 e. The number of halogens is 1. The Bertz CT molecular complexity index is 578. The number of hydrogen-bond acceptors (Lipinski definition) is 4. The molecule has 3 rings (SSSR count). The zero-order valence-corrected chi connectivity index (χ0v) is 10.7. The number of ether oxygens (including phenoxy) is 2. The van der Waals surface area contributed by atoms with E-state index in [1.165, 1.54) is 12.1 Å². The van der Waals surface area contributed by atoms with Gasteiger partial charge in [0, 0.05) is 26.7 Å². The summed E-state index contributed by atoms with van der Waals surface area (Å²) in [6.45, 7) is 1.89. The van der Waals surface area contributed by atoms with Crippen LogP contribution in [0.1, 0.15) is 6.42 Å². The minimum atomic E-state index is -0.301. The first-order chi connectivity index (χ1) is 9.21. The maximum absolute atomic E-state index is 13.1. The van der Waals surface area contributed by atoms with Crippen LogP contribution in [0.4, 0.5) is 10.3 Å². The third kappa shape index (κ3) is 2.41. The van der Waals surface area contributed by atoms with Crippen molar-refractivity contribution in [3.8, 4) is 0 Å². The fourth-order valence-corrected chi connectivity index (χ4v) is 2.27. The molecule has 0 saturated carbocycles. The highest BCUT2D eigenvalue weighted by Crippen LogP contribution is 2.23. The van der Waals surface area contributed by atoms with Crippen molar-refractivity contribution in [2.45, 2.75) is 12.0 Å². The van der Waals surface area contributed by atoms with E-state index in [1.54, 1.807) is 13.2 Å². The van der Waals surface area contributed by atoms with Crippen molar-refractivity contribution < 1.29 is 13.9 Å². The lowest BCUT2D eigenvalue weighted by molar-refractivity contribution is -0.00629. The summed E-state index contributed by atoms with van der Waals surface area (Å²) in [5.74, 6) is 0.337. The summed E-state index contributed by atoms with van der Waals surface area (Å²) >= 11 is 0. The van der Waals surface area contributed by atoms with Crippen LogP contribution in [0, 0.1) is 5.82 Å². The highest BCUT2D eigenvalue weighted by atomic mass is 19.1. The molecule has 6 heteroatoms. The molecule has 2 heterocycles. The SMILES string of the molecule is COC1(CNc2nc3ccc(F)cc3[nH]2)CCOC1. The van der Waals surface area contributed by atoms with Crippen LogP contribution in [-0.2, 0) is 9.47 Å². The number of aromatic amines is 1. The summed E-state index contributed by atoms with van der Waals surface area (Å²) in [7, 11) is 1.68. The average molecular weight is 265 g/mol. The molecule has 1 aliphatic heterocycles. The van der Waals surface area contributed by atoms with Crippen LogP contribution >= 0.6 is 0 Å². The van der Waals surface area contributed by atoms with Gasteiger partial charge in [0.05, 0.1) is 17.6 Å². The Morgan fingerprint density at radius 2 is 2.47 bits per heavy atom. The maximum atomic E-state index is 13.1. The van der Waals surface area contributed by atoms with E-state index in [9.17, 15) is 4.39 Å². The lowest BCUT2D eigenvalue weighted by atomic mass is 10.0. The molecular weight excluding hydrogens is 249 g/mol. The highest BCUT2D eigenvalue weighted by molar-refractivity contribution is 5.77. The Morgan fingerprint density at radius 1 is 1.58 bits per heavy atom. The van der Waals surface area contributed by atoms with Gasteiger partial charge in [-0.1, -0.05) is 0 Å². The van der Waals surface area contributed by atoms with Gasteiger partial charge >= 0.3 is 0 Å². The minimum absolute atomic E-state index is 0.278. The van der Waals surface area contributed by atoms with Gasteiger partial charge in [-0.25, -0.2) is 9.37 Å². The van der Waals surface area contributed by atoms with Gasteiger partial charge in [0.15, 0.2) is 0 Å². The summed E-state index contributed by atoms with van der Waals surface area (Å²) in [5.41, 5.74) is 1.11. The Hall–Kier alpha value is -1.66. The molecule has 0 radical (unpaired) electrons. The van der Waals surface area contributed by atoms with Crippen LogP contribution in [0.3, 0.4) is 0 Å². The summed E-state index contributed by atoms with van der Waals surface area (Å²) in [6.07, 6.45) is 0.853. The van der Waals surface area contributed by atoms with Crippen molar-refractivity contribution in [1.82, 2.24) is 9.97 Å². The predicted molar refractivity (Wildman–Crippen MR) is 69.7 cm³/mol. The van der Waals surface area contributed by atoms with Crippen LogP contribution in [0.25, 0.3) is 11.0 Å². The predicted octanol–water partition coefficient (Wildman–Crippen LogP) is 1.92. The maximum Gasteiger partial charge on any atom is 0.201 e. The molecule has 1 aromatic carbocycles. The molecule has 1 unspecified atom stereocenters. The molecule has 0 bridgehead atoms. The standard InChI is InChI=1S/C13H16FN3O2/c1-18-13(4-5-19-8-13)7-15-12-16-10-3-2-9(14)6-11(10)17-12/h2-3,6H,4-5,7-8H2,1H3,(H2,15,16,17). The lowest BCUT2D eigenvalue weighted by Crippen LogP contribution is -2.39. The van der Waals surface area contributed by atoms with Crippen molar-refractivity contribution >= 4 is 17.0 Å². The van der Waals surface area contributed by atoms with Gasteiger partial charge in [-0.3, -0.25) is 0 Å². The first kappa shape index (κ1) is 12.4. The molecule has 1 fully saturated rings. The molecule has 1 saturated heterocycles. The Labute approximate surface area is 110 Å². The van der Waals surface area contributed by atoms with E-state index >= 15 is 0 Å². The van der Waals surface area contributed by atoms with Gasteiger partial charge in [0.1, 0.15) is 11.4 Å². The first-order valence-corrected chi connectivity index (χ1v) is 6.23. The molecule has 1 aromatic heterocycles. The number of imidazole rings is 1. The molecule has 1 aliphatic rings. The Kier molecular flexibility index (Phi) is 3.12. The number of fused-ring (bicyclic) bond motifs is 1. The lowest BCUT2D eigenvalue weighted by Gasteiger charge is -2.25. The van der Waals surface area contributed by atoms with E-state index < -0.39 is 0 Å². The number of rotatable bonds is 4. The molecular formula is C13H16FN3O2. The van der Waals surface area contributed by atoms with Crippen molar-refractivity contribution in [1.29, 1.82) is 0 Å². The van der Waals surface area contributed by atoms with Crippen molar-refractivity contribution in [3.05, 3.63) is 24.0 Å². The Balaban J connectivity index is 1.74. The van der Waals surface area contributed by atoms with Crippen molar-refractivity contribution in [3.63, 3.8) is 0 Å². The summed E-state index contributed by atoms with van der Waals surface area (Å²) in [6, 6.07) is 4.48. The van der Waals surface area contributed by atoms with Crippen LogP contribution in [-0.4, -0.2) is 42.4 Å². The van der Waals surface area contributed by atoms with Gasteiger partial charge in [0.2, 0.25) is 5.95 Å². The number of nitrogens with one attached hydrogen (secondary N) is 2. The normalized spacial score (nSPS) is 23.1. The summed E-state index contributed by atoms with van der Waals surface area (Å²) in [4.78, 5) is 7.39. The van der Waals surface area contributed by atoms with Crippen LogP contribution in [0.15, 0.2) is 18.2 Å². The van der Waals surface area contributed by atoms with E-state index in [-0.39, 0.29) is 11.4 Å². The topological polar surface area (TPSA) is 59.2 Å². The second-order valence-corrected chi connectivity index (χ2v) is 4.79. The molecule has 0 spiro atoms. The second kappa shape index (κ2) is 4.79. The van der Waals surface area contributed by atoms with E-state index in [1.807, 2.05) is 0 Å². The zero-order chi connectivity index (χ0) is 13.3. The molecule has 2 N–H and O–H groups in total. The van der Waals surface area contributed by atoms with Crippen molar-refractivity contribution in [2.24, 2.45) is 0 Å². The smallest absolute Gasteiger partial charge is 0.201 e. The van der Waals surface area contributed by atoms with E-state index in [0.29, 0.717) is 31.2 Å². The van der Waals surface area contributed by atoms with Crippen molar-refractivity contribution in [2.75, 3.05) is 32.2 Å². The fraction of sp³-hybridized carbons (Fsp3) is 0.462. The van der Waals surface area contributed by atoms with Gasteiger partial charge in [-0.15, -0.1) is 0 Å². The molecule has 19 heavy (non-hydrogen) atoms.